The minimum Gasteiger partial charge on any atom is -0.373 e. The maximum atomic E-state index is 8.90. The Kier molecular flexibility index (Phi) is 3.44. The van der Waals surface area contributed by atoms with Gasteiger partial charge in [0.2, 0.25) is 0 Å². The van der Waals surface area contributed by atoms with Gasteiger partial charge in [-0.3, -0.25) is 0 Å². The maximum absolute atomic E-state index is 8.90. The highest BCUT2D eigenvalue weighted by molar-refractivity contribution is 5.66. The number of nitrogens with one attached hydrogen (secondary N) is 2. The van der Waals surface area contributed by atoms with Crippen LogP contribution in [0.15, 0.2) is 36.5 Å². The van der Waals surface area contributed by atoms with Crippen LogP contribution < -0.4 is 10.6 Å². The summed E-state index contributed by atoms with van der Waals surface area (Å²) in [6.45, 7) is 2.00. The van der Waals surface area contributed by atoms with Crippen LogP contribution >= 0.6 is 0 Å². The molecule has 4 heteroatoms. The summed E-state index contributed by atoms with van der Waals surface area (Å²) < 4.78 is 0. The lowest BCUT2D eigenvalue weighted by atomic mass is 10.1. The number of rotatable bonds is 3. The lowest BCUT2D eigenvalue weighted by Crippen LogP contribution is -1.97. The topological polar surface area (TPSA) is 60.7 Å². The van der Waals surface area contributed by atoms with Gasteiger partial charge < -0.3 is 10.6 Å². The van der Waals surface area contributed by atoms with Crippen molar-refractivity contribution in [3.8, 4) is 6.07 Å². The molecule has 18 heavy (non-hydrogen) atoms. The highest BCUT2D eigenvalue weighted by Gasteiger charge is 2.02. The molecule has 2 rings (SSSR count). The Hall–Kier alpha value is -2.54. The fourth-order valence-corrected chi connectivity index (χ4v) is 1.63. The summed E-state index contributed by atoms with van der Waals surface area (Å²) in [4.78, 5) is 4.15. The first-order chi connectivity index (χ1) is 8.72. The molecule has 90 valence electrons. The molecule has 0 radical (unpaired) electrons. The van der Waals surface area contributed by atoms with E-state index in [9.17, 15) is 0 Å². The fourth-order valence-electron chi connectivity index (χ4n) is 1.63. The second-order valence-electron chi connectivity index (χ2n) is 3.95. The summed E-state index contributed by atoms with van der Waals surface area (Å²) in [5.74, 6) is 0.800. The number of benzene rings is 1. The van der Waals surface area contributed by atoms with E-state index in [1.165, 1.54) is 0 Å². The zero-order valence-corrected chi connectivity index (χ0v) is 10.4. The lowest BCUT2D eigenvalue weighted by molar-refractivity contribution is 1.28. The van der Waals surface area contributed by atoms with Gasteiger partial charge in [-0.2, -0.15) is 5.26 Å². The number of aryl methyl sites for hydroxylation is 1. The first kappa shape index (κ1) is 11.9. The molecule has 0 saturated carbocycles. The molecule has 0 atom stereocenters. The third-order valence-corrected chi connectivity index (χ3v) is 2.66. The van der Waals surface area contributed by atoms with Gasteiger partial charge in [0.1, 0.15) is 5.82 Å². The first-order valence-electron chi connectivity index (χ1n) is 5.64. The van der Waals surface area contributed by atoms with Crippen molar-refractivity contribution in [3.63, 3.8) is 0 Å². The van der Waals surface area contributed by atoms with Crippen LogP contribution in [0.25, 0.3) is 0 Å². The van der Waals surface area contributed by atoms with E-state index in [1.807, 2.05) is 44.3 Å². The van der Waals surface area contributed by atoms with E-state index in [4.69, 9.17) is 5.26 Å². The standard InChI is InChI=1S/C14H14N4/c1-10-3-4-11(9-15)7-13(10)18-12-5-6-17-14(8-12)16-2/h3-8H,1-2H3,(H2,16,17,18). The smallest absolute Gasteiger partial charge is 0.127 e. The van der Waals surface area contributed by atoms with Crippen LogP contribution in [0, 0.1) is 18.3 Å². The quantitative estimate of drug-likeness (QED) is 0.862. The number of hydrogen-bond acceptors (Lipinski definition) is 4. The monoisotopic (exact) mass is 238 g/mol. The van der Waals surface area contributed by atoms with Crippen LogP contribution in [-0.2, 0) is 0 Å². The first-order valence-corrected chi connectivity index (χ1v) is 5.64. The molecule has 4 nitrogen and oxygen atoms in total. The van der Waals surface area contributed by atoms with Crippen LogP contribution in [0.5, 0.6) is 0 Å². The van der Waals surface area contributed by atoms with Crippen LogP contribution in [0.3, 0.4) is 0 Å². The van der Waals surface area contributed by atoms with Gasteiger partial charge in [0.25, 0.3) is 0 Å². The molecule has 2 N–H and O–H groups in total. The predicted molar refractivity (Wildman–Crippen MR) is 73.0 cm³/mol. The molecule has 1 aromatic carbocycles. The average molecular weight is 238 g/mol. The number of nitrogens with zero attached hydrogens (tertiary/aromatic N) is 2. The third-order valence-electron chi connectivity index (χ3n) is 2.66. The number of pyridine rings is 1. The zero-order chi connectivity index (χ0) is 13.0. The van der Waals surface area contributed by atoms with E-state index in [0.29, 0.717) is 5.56 Å². The van der Waals surface area contributed by atoms with Crippen LogP contribution in [0.2, 0.25) is 0 Å². The summed E-state index contributed by atoms with van der Waals surface area (Å²) in [6.07, 6.45) is 1.73. The molecular formula is C14H14N4. The number of anilines is 3. The van der Waals surface area contributed by atoms with Crippen molar-refractivity contribution in [1.29, 1.82) is 5.26 Å². The second kappa shape index (κ2) is 5.19. The van der Waals surface area contributed by atoms with Gasteiger partial charge in [-0.05, 0) is 30.7 Å². The summed E-state index contributed by atoms with van der Waals surface area (Å²) in [5, 5.41) is 15.2. The molecule has 0 aliphatic carbocycles. The predicted octanol–water partition coefficient (Wildman–Crippen LogP) is 3.05. The van der Waals surface area contributed by atoms with Crippen molar-refractivity contribution in [2.24, 2.45) is 0 Å². The minimum absolute atomic E-state index is 0.644. The van der Waals surface area contributed by atoms with Crippen molar-refractivity contribution in [2.75, 3.05) is 17.7 Å². The van der Waals surface area contributed by atoms with Crippen molar-refractivity contribution in [2.45, 2.75) is 6.92 Å². The molecule has 1 aromatic heterocycles. The van der Waals surface area contributed by atoms with Crippen LogP contribution in [0.1, 0.15) is 11.1 Å². The lowest BCUT2D eigenvalue weighted by Gasteiger charge is -2.10. The summed E-state index contributed by atoms with van der Waals surface area (Å²) in [7, 11) is 1.83. The van der Waals surface area contributed by atoms with Crippen LogP contribution in [-0.4, -0.2) is 12.0 Å². The Bertz CT molecular complexity index is 599. The van der Waals surface area contributed by atoms with Gasteiger partial charge in [-0.1, -0.05) is 6.07 Å². The summed E-state index contributed by atoms with van der Waals surface area (Å²) >= 11 is 0. The Morgan fingerprint density at radius 2 is 2.06 bits per heavy atom. The Morgan fingerprint density at radius 1 is 1.22 bits per heavy atom. The van der Waals surface area contributed by atoms with E-state index >= 15 is 0 Å². The highest BCUT2D eigenvalue weighted by atomic mass is 15.0. The van der Waals surface area contributed by atoms with Gasteiger partial charge in [-0.25, -0.2) is 4.98 Å². The van der Waals surface area contributed by atoms with E-state index < -0.39 is 0 Å². The molecule has 1 heterocycles. The molecule has 0 bridgehead atoms. The van der Waals surface area contributed by atoms with Crippen molar-refractivity contribution >= 4 is 17.2 Å². The highest BCUT2D eigenvalue weighted by Crippen LogP contribution is 2.22. The Labute approximate surface area is 106 Å². The average Bonchev–Trinajstić information content (AvgIpc) is 2.41. The van der Waals surface area contributed by atoms with Gasteiger partial charge in [0, 0.05) is 30.7 Å². The summed E-state index contributed by atoms with van der Waals surface area (Å²) in [5.41, 5.74) is 3.61. The largest absolute Gasteiger partial charge is 0.373 e. The molecule has 0 amide bonds. The minimum atomic E-state index is 0.644. The maximum Gasteiger partial charge on any atom is 0.127 e. The van der Waals surface area contributed by atoms with Crippen molar-refractivity contribution in [3.05, 3.63) is 47.7 Å². The molecular weight excluding hydrogens is 224 g/mol. The van der Waals surface area contributed by atoms with Crippen LogP contribution in [0.4, 0.5) is 17.2 Å². The SMILES string of the molecule is CNc1cc(Nc2cc(C#N)ccc2C)ccn1. The normalized spacial score (nSPS) is 9.61. The van der Waals surface area contributed by atoms with E-state index in [2.05, 4.69) is 21.7 Å². The number of nitriles is 1. The molecule has 0 fully saturated rings. The molecule has 0 saturated heterocycles. The van der Waals surface area contributed by atoms with E-state index in [0.717, 1.165) is 22.8 Å². The number of hydrogen-bond donors (Lipinski definition) is 2. The van der Waals surface area contributed by atoms with Gasteiger partial charge >= 0.3 is 0 Å². The molecule has 0 unspecified atom stereocenters. The van der Waals surface area contributed by atoms with E-state index in [-0.39, 0.29) is 0 Å². The molecule has 0 aliphatic rings. The summed E-state index contributed by atoms with van der Waals surface area (Å²) in [6, 6.07) is 11.5. The van der Waals surface area contributed by atoms with Crippen molar-refractivity contribution < 1.29 is 0 Å². The Morgan fingerprint density at radius 3 is 2.78 bits per heavy atom. The van der Waals surface area contributed by atoms with Gasteiger partial charge in [-0.15, -0.1) is 0 Å². The van der Waals surface area contributed by atoms with Gasteiger partial charge in [0.15, 0.2) is 0 Å². The molecule has 2 aromatic rings. The molecule has 0 spiro atoms. The fraction of sp³-hybridized carbons (Fsp3) is 0.143. The van der Waals surface area contributed by atoms with E-state index in [1.54, 1.807) is 6.20 Å². The number of aromatic nitrogens is 1. The van der Waals surface area contributed by atoms with Crippen molar-refractivity contribution in [1.82, 2.24) is 4.98 Å². The van der Waals surface area contributed by atoms with Gasteiger partial charge in [0.05, 0.1) is 11.6 Å². The zero-order valence-electron chi connectivity index (χ0n) is 10.4. The molecule has 0 aliphatic heterocycles. The third kappa shape index (κ3) is 2.58. The Balaban J connectivity index is 2.30. The second-order valence-corrected chi connectivity index (χ2v) is 3.95.